The molecule has 2 rings (SSSR count). The molecule has 2 aromatic rings. The molecule has 4 N–H and O–H groups in total. The van der Waals surface area contributed by atoms with Crippen LogP contribution in [0.2, 0.25) is 5.02 Å². The fourth-order valence-electron chi connectivity index (χ4n) is 1.84. The lowest BCUT2D eigenvalue weighted by atomic mass is 10.1. The van der Waals surface area contributed by atoms with Crippen molar-refractivity contribution < 1.29 is 14.3 Å². The maximum atomic E-state index is 11.6. The van der Waals surface area contributed by atoms with Crippen LogP contribution < -0.4 is 16.2 Å². The zero-order valence-corrected chi connectivity index (χ0v) is 11.7. The number of ether oxygens (including phenoxy) is 1. The first kappa shape index (κ1) is 14.9. The zero-order chi connectivity index (χ0) is 15.4. The minimum Gasteiger partial charge on any atom is -0.475 e. The van der Waals surface area contributed by atoms with Gasteiger partial charge in [-0.1, -0.05) is 41.9 Å². The summed E-state index contributed by atoms with van der Waals surface area (Å²) in [6, 6.07) is 13.1. The Labute approximate surface area is 126 Å². The molecule has 0 saturated carbocycles. The van der Waals surface area contributed by atoms with Crippen LogP contribution in [0.5, 0.6) is 5.75 Å². The largest absolute Gasteiger partial charge is 0.475 e. The highest BCUT2D eigenvalue weighted by molar-refractivity contribution is 6.31. The van der Waals surface area contributed by atoms with Crippen LogP contribution in [0.25, 0.3) is 0 Å². The van der Waals surface area contributed by atoms with Gasteiger partial charge in [-0.3, -0.25) is 9.59 Å². The summed E-state index contributed by atoms with van der Waals surface area (Å²) in [4.78, 5) is 23.0. The van der Waals surface area contributed by atoms with E-state index in [1.165, 1.54) is 18.2 Å². The molecule has 5 nitrogen and oxygen atoms in total. The Kier molecular flexibility index (Phi) is 4.45. The molecule has 2 amide bonds. The Morgan fingerprint density at radius 3 is 2.29 bits per heavy atom. The van der Waals surface area contributed by atoms with Crippen LogP contribution in [0.15, 0.2) is 48.5 Å². The summed E-state index contributed by atoms with van der Waals surface area (Å²) >= 11 is 5.82. The summed E-state index contributed by atoms with van der Waals surface area (Å²) < 4.78 is 5.58. The van der Waals surface area contributed by atoms with Gasteiger partial charge in [0.25, 0.3) is 11.8 Å². The van der Waals surface area contributed by atoms with Crippen molar-refractivity contribution in [3.63, 3.8) is 0 Å². The number of benzene rings is 2. The monoisotopic (exact) mass is 304 g/mol. The molecule has 0 radical (unpaired) electrons. The maximum absolute atomic E-state index is 11.6. The lowest BCUT2D eigenvalue weighted by Crippen LogP contribution is -2.27. The molecule has 0 saturated heterocycles. The highest BCUT2D eigenvalue weighted by atomic mass is 35.5. The predicted molar refractivity (Wildman–Crippen MR) is 79.0 cm³/mol. The lowest BCUT2D eigenvalue weighted by molar-refractivity contribution is -0.125. The summed E-state index contributed by atoms with van der Waals surface area (Å²) in [5.74, 6) is -1.23. The summed E-state index contributed by atoms with van der Waals surface area (Å²) in [6.07, 6.45) is -1.02. The van der Waals surface area contributed by atoms with Gasteiger partial charge in [0.1, 0.15) is 5.75 Å². The van der Waals surface area contributed by atoms with Gasteiger partial charge in [0, 0.05) is 10.6 Å². The molecule has 0 aliphatic heterocycles. The van der Waals surface area contributed by atoms with E-state index in [4.69, 9.17) is 27.8 Å². The van der Waals surface area contributed by atoms with E-state index in [0.717, 1.165) is 0 Å². The second-order valence-electron chi connectivity index (χ2n) is 4.32. The van der Waals surface area contributed by atoms with Crippen LogP contribution in [-0.2, 0) is 4.79 Å². The summed E-state index contributed by atoms with van der Waals surface area (Å²) in [5.41, 5.74) is 11.3. The van der Waals surface area contributed by atoms with Gasteiger partial charge < -0.3 is 16.2 Å². The predicted octanol–water partition coefficient (Wildman–Crippen LogP) is 2.04. The quantitative estimate of drug-likeness (QED) is 0.884. The van der Waals surface area contributed by atoms with Crippen LogP contribution in [-0.4, -0.2) is 11.8 Å². The van der Waals surface area contributed by atoms with E-state index in [1.807, 2.05) is 0 Å². The van der Waals surface area contributed by atoms with E-state index in [9.17, 15) is 9.59 Å². The molecule has 0 heterocycles. The number of carbonyl (C=O) groups excluding carboxylic acids is 2. The van der Waals surface area contributed by atoms with Crippen molar-refractivity contribution in [1.82, 2.24) is 0 Å². The van der Waals surface area contributed by atoms with Gasteiger partial charge in [0.15, 0.2) is 0 Å². The summed E-state index contributed by atoms with van der Waals surface area (Å²) in [7, 11) is 0. The molecule has 0 aliphatic rings. The molecule has 0 fully saturated rings. The molecule has 0 spiro atoms. The fourth-order valence-corrected chi connectivity index (χ4v) is 2.01. The van der Waals surface area contributed by atoms with Gasteiger partial charge in [-0.2, -0.15) is 0 Å². The number of rotatable bonds is 5. The topological polar surface area (TPSA) is 95.4 Å². The van der Waals surface area contributed by atoms with Gasteiger partial charge in [-0.25, -0.2) is 0 Å². The molecular weight excluding hydrogens is 292 g/mol. The van der Waals surface area contributed by atoms with Crippen molar-refractivity contribution >= 4 is 23.4 Å². The molecule has 1 unspecified atom stereocenters. The van der Waals surface area contributed by atoms with Gasteiger partial charge >= 0.3 is 0 Å². The van der Waals surface area contributed by atoms with E-state index in [-0.39, 0.29) is 11.3 Å². The second-order valence-corrected chi connectivity index (χ2v) is 4.75. The lowest BCUT2D eigenvalue weighted by Gasteiger charge is -2.18. The highest BCUT2D eigenvalue weighted by Gasteiger charge is 2.22. The number of nitrogens with two attached hydrogens (primary N) is 2. The molecule has 0 aliphatic carbocycles. The van der Waals surface area contributed by atoms with Crippen LogP contribution >= 0.6 is 11.6 Å². The van der Waals surface area contributed by atoms with Crippen molar-refractivity contribution in [3.05, 3.63) is 64.7 Å². The number of primary amides is 2. The molecule has 1 atom stereocenters. The van der Waals surface area contributed by atoms with Gasteiger partial charge in [-0.15, -0.1) is 0 Å². The molecular formula is C15H13ClN2O3. The normalized spacial score (nSPS) is 11.7. The van der Waals surface area contributed by atoms with Crippen LogP contribution in [0.1, 0.15) is 22.0 Å². The SMILES string of the molecule is NC(=O)c1cc(Cl)ccc1OC(C(N)=O)c1ccccc1. The van der Waals surface area contributed by atoms with Crippen molar-refractivity contribution in [1.29, 1.82) is 0 Å². The molecule has 0 bridgehead atoms. The minimum atomic E-state index is -1.02. The van der Waals surface area contributed by atoms with Crippen molar-refractivity contribution in [2.75, 3.05) is 0 Å². The van der Waals surface area contributed by atoms with E-state index in [1.54, 1.807) is 30.3 Å². The smallest absolute Gasteiger partial charge is 0.263 e. The molecule has 0 aromatic heterocycles. The van der Waals surface area contributed by atoms with Crippen molar-refractivity contribution in [2.45, 2.75) is 6.10 Å². The van der Waals surface area contributed by atoms with Crippen LogP contribution in [0, 0.1) is 0 Å². The Hall–Kier alpha value is -2.53. The third-order valence-electron chi connectivity index (χ3n) is 2.81. The molecule has 108 valence electrons. The van der Waals surface area contributed by atoms with Crippen LogP contribution in [0.3, 0.4) is 0 Å². The van der Waals surface area contributed by atoms with Gasteiger partial charge in [0.2, 0.25) is 6.10 Å². The number of amides is 2. The number of hydrogen-bond acceptors (Lipinski definition) is 3. The van der Waals surface area contributed by atoms with Crippen LogP contribution in [0.4, 0.5) is 0 Å². The molecule has 6 heteroatoms. The first-order chi connectivity index (χ1) is 9.99. The minimum absolute atomic E-state index is 0.0877. The second kappa shape index (κ2) is 6.28. The van der Waals surface area contributed by atoms with E-state index in [0.29, 0.717) is 10.6 Å². The van der Waals surface area contributed by atoms with Gasteiger partial charge in [-0.05, 0) is 18.2 Å². The highest BCUT2D eigenvalue weighted by Crippen LogP contribution is 2.27. The first-order valence-electron chi connectivity index (χ1n) is 6.09. The Balaban J connectivity index is 2.39. The Bertz CT molecular complexity index is 674. The van der Waals surface area contributed by atoms with E-state index in [2.05, 4.69) is 0 Å². The van der Waals surface area contributed by atoms with E-state index >= 15 is 0 Å². The van der Waals surface area contributed by atoms with Crippen molar-refractivity contribution in [3.8, 4) is 5.75 Å². The number of hydrogen-bond donors (Lipinski definition) is 2. The Morgan fingerprint density at radius 1 is 1.05 bits per heavy atom. The first-order valence-corrected chi connectivity index (χ1v) is 6.47. The average Bonchev–Trinajstić information content (AvgIpc) is 2.46. The zero-order valence-electron chi connectivity index (χ0n) is 11.0. The molecule has 2 aromatic carbocycles. The third kappa shape index (κ3) is 3.52. The third-order valence-corrected chi connectivity index (χ3v) is 3.05. The summed E-state index contributed by atoms with van der Waals surface area (Å²) in [6.45, 7) is 0. The molecule has 21 heavy (non-hydrogen) atoms. The number of carbonyl (C=O) groups is 2. The van der Waals surface area contributed by atoms with E-state index < -0.39 is 17.9 Å². The fraction of sp³-hybridized carbons (Fsp3) is 0.0667. The standard InChI is InChI=1S/C15H13ClN2O3/c16-10-6-7-12(11(8-10)14(17)19)21-13(15(18)20)9-4-2-1-3-5-9/h1-8,13H,(H2,17,19)(H2,18,20). The van der Waals surface area contributed by atoms with Gasteiger partial charge in [0.05, 0.1) is 5.56 Å². The van der Waals surface area contributed by atoms with Crippen molar-refractivity contribution in [2.24, 2.45) is 11.5 Å². The average molecular weight is 305 g/mol. The Morgan fingerprint density at radius 2 is 1.71 bits per heavy atom. The maximum Gasteiger partial charge on any atom is 0.263 e. The summed E-state index contributed by atoms with van der Waals surface area (Å²) in [5, 5.41) is 0.339. The number of halogens is 1.